The molecule has 0 saturated heterocycles. The zero-order chi connectivity index (χ0) is 21.6. The van der Waals surface area contributed by atoms with Crippen molar-refractivity contribution in [3.63, 3.8) is 0 Å². The van der Waals surface area contributed by atoms with Crippen LogP contribution in [0.3, 0.4) is 0 Å². The number of carbonyl (C=O) groups is 1. The van der Waals surface area contributed by atoms with E-state index in [-0.39, 0.29) is 5.91 Å². The Hall–Kier alpha value is -3.02. The lowest BCUT2D eigenvalue weighted by Crippen LogP contribution is -2.20. The zero-order valence-corrected chi connectivity index (χ0v) is 18.7. The molecule has 1 heterocycles. The highest BCUT2D eigenvalue weighted by molar-refractivity contribution is 7.16. The fourth-order valence-corrected chi connectivity index (χ4v) is 4.78. The van der Waals surface area contributed by atoms with Gasteiger partial charge >= 0.3 is 0 Å². The first-order valence-electron chi connectivity index (χ1n) is 10.5. The first-order valence-corrected chi connectivity index (χ1v) is 11.4. The largest absolute Gasteiger partial charge is 0.380 e. The molecule has 1 aromatic heterocycles. The summed E-state index contributed by atoms with van der Waals surface area (Å²) in [6, 6.07) is 24.3. The van der Waals surface area contributed by atoms with Crippen LogP contribution in [0.2, 0.25) is 0 Å². The number of benzene rings is 3. The van der Waals surface area contributed by atoms with Crippen LogP contribution in [0.4, 0.5) is 0 Å². The Morgan fingerprint density at radius 1 is 0.968 bits per heavy atom. The molecule has 5 heteroatoms. The first kappa shape index (κ1) is 21.2. The van der Waals surface area contributed by atoms with Gasteiger partial charge in [-0.05, 0) is 55.2 Å². The van der Waals surface area contributed by atoms with Crippen LogP contribution in [0.25, 0.3) is 10.2 Å². The van der Waals surface area contributed by atoms with E-state index in [4.69, 9.17) is 4.74 Å². The van der Waals surface area contributed by atoms with Crippen molar-refractivity contribution in [1.29, 1.82) is 0 Å². The molecule has 31 heavy (non-hydrogen) atoms. The van der Waals surface area contributed by atoms with Crippen LogP contribution < -0.4 is 4.80 Å². The highest BCUT2D eigenvalue weighted by atomic mass is 32.1. The number of thiazole rings is 1. The molecule has 0 fully saturated rings. The summed E-state index contributed by atoms with van der Waals surface area (Å²) in [5, 5.41) is 0. The second-order valence-electron chi connectivity index (χ2n) is 7.43. The summed E-state index contributed by atoms with van der Waals surface area (Å²) < 4.78 is 8.79. The Morgan fingerprint density at radius 3 is 2.45 bits per heavy atom. The van der Waals surface area contributed by atoms with Crippen LogP contribution in [0.1, 0.15) is 34.0 Å². The fraction of sp³-hybridized carbons (Fsp3) is 0.231. The van der Waals surface area contributed by atoms with Gasteiger partial charge in [0.1, 0.15) is 0 Å². The van der Waals surface area contributed by atoms with Gasteiger partial charge in [0.25, 0.3) is 5.91 Å². The van der Waals surface area contributed by atoms with Crippen LogP contribution in [-0.2, 0) is 17.7 Å². The van der Waals surface area contributed by atoms with Crippen LogP contribution in [0.15, 0.2) is 77.8 Å². The predicted octanol–water partition coefficient (Wildman–Crippen LogP) is 5.38. The van der Waals surface area contributed by atoms with E-state index in [1.807, 2.05) is 55.5 Å². The van der Waals surface area contributed by atoms with Crippen LogP contribution in [0.5, 0.6) is 0 Å². The Kier molecular flexibility index (Phi) is 6.75. The van der Waals surface area contributed by atoms with Crippen molar-refractivity contribution in [3.05, 3.63) is 99.9 Å². The van der Waals surface area contributed by atoms with Gasteiger partial charge in [-0.2, -0.15) is 4.99 Å². The molecule has 158 valence electrons. The van der Waals surface area contributed by atoms with E-state index in [2.05, 4.69) is 40.7 Å². The van der Waals surface area contributed by atoms with Gasteiger partial charge in [-0.3, -0.25) is 4.79 Å². The Labute approximate surface area is 186 Å². The summed E-state index contributed by atoms with van der Waals surface area (Å²) in [4.78, 5) is 18.1. The quantitative estimate of drug-likeness (QED) is 0.370. The number of aromatic nitrogens is 1. The van der Waals surface area contributed by atoms with Gasteiger partial charge in [-0.1, -0.05) is 65.9 Å². The second-order valence-corrected chi connectivity index (χ2v) is 8.44. The Balaban J connectivity index is 1.62. The van der Waals surface area contributed by atoms with Gasteiger partial charge in [0.05, 0.1) is 16.8 Å². The maximum atomic E-state index is 12.9. The minimum Gasteiger partial charge on any atom is -0.380 e. The van der Waals surface area contributed by atoms with E-state index in [1.165, 1.54) is 16.7 Å². The predicted molar refractivity (Wildman–Crippen MR) is 127 cm³/mol. The summed E-state index contributed by atoms with van der Waals surface area (Å²) in [7, 11) is 0. The van der Waals surface area contributed by atoms with Crippen molar-refractivity contribution >= 4 is 27.5 Å². The number of carbonyl (C=O) groups excluding carboxylic acids is 1. The number of fused-ring (bicyclic) bond motifs is 1. The minimum atomic E-state index is -0.222. The molecule has 4 aromatic rings. The Morgan fingerprint density at radius 2 is 1.71 bits per heavy atom. The SMILES string of the molecule is CCOCCn1c(=NC(=O)c2ccc(Cc3ccccc3)cc2)sc2cccc(C)c21. The lowest BCUT2D eigenvalue weighted by molar-refractivity contribution is 0.0996. The monoisotopic (exact) mass is 430 g/mol. The molecule has 0 aliphatic heterocycles. The lowest BCUT2D eigenvalue weighted by atomic mass is 10.0. The van der Waals surface area contributed by atoms with Crippen molar-refractivity contribution < 1.29 is 9.53 Å². The number of hydrogen-bond acceptors (Lipinski definition) is 3. The maximum absolute atomic E-state index is 12.9. The van der Waals surface area contributed by atoms with E-state index >= 15 is 0 Å². The summed E-state index contributed by atoms with van der Waals surface area (Å²) in [6.07, 6.45) is 0.847. The molecule has 0 radical (unpaired) electrons. The molecule has 4 nitrogen and oxygen atoms in total. The summed E-state index contributed by atoms with van der Waals surface area (Å²) in [6.45, 7) is 6.00. The molecule has 0 bridgehead atoms. The fourth-order valence-electron chi connectivity index (χ4n) is 3.65. The van der Waals surface area contributed by atoms with Crippen molar-refractivity contribution in [1.82, 2.24) is 4.57 Å². The highest BCUT2D eigenvalue weighted by Crippen LogP contribution is 2.21. The number of rotatable bonds is 7. The van der Waals surface area contributed by atoms with Crippen LogP contribution in [-0.4, -0.2) is 23.7 Å². The van der Waals surface area contributed by atoms with E-state index < -0.39 is 0 Å². The summed E-state index contributed by atoms with van der Waals surface area (Å²) in [5.74, 6) is -0.222. The molecule has 0 aliphatic rings. The van der Waals surface area contributed by atoms with E-state index in [0.717, 1.165) is 16.6 Å². The molecule has 0 saturated carbocycles. The molecule has 0 unspecified atom stereocenters. The topological polar surface area (TPSA) is 43.6 Å². The molecule has 1 amide bonds. The number of amides is 1. The van der Waals surface area contributed by atoms with Crippen molar-refractivity contribution in [2.45, 2.75) is 26.8 Å². The smallest absolute Gasteiger partial charge is 0.279 e. The third kappa shape index (κ3) is 5.01. The minimum absolute atomic E-state index is 0.222. The van der Waals surface area contributed by atoms with E-state index in [0.29, 0.717) is 30.1 Å². The van der Waals surface area contributed by atoms with Gasteiger partial charge in [0.2, 0.25) is 0 Å². The number of hydrogen-bond donors (Lipinski definition) is 0. The first-order chi connectivity index (χ1) is 15.2. The maximum Gasteiger partial charge on any atom is 0.279 e. The number of aryl methyl sites for hydroxylation is 1. The molecular formula is C26H26N2O2S. The molecule has 0 spiro atoms. The normalized spacial score (nSPS) is 11.9. The van der Waals surface area contributed by atoms with Gasteiger partial charge in [-0.15, -0.1) is 0 Å². The molecule has 0 aliphatic carbocycles. The summed E-state index contributed by atoms with van der Waals surface area (Å²) in [5.41, 5.74) is 5.32. The van der Waals surface area contributed by atoms with E-state index in [1.54, 1.807) is 11.3 Å². The lowest BCUT2D eigenvalue weighted by Gasteiger charge is -2.07. The van der Waals surface area contributed by atoms with Gasteiger partial charge in [-0.25, -0.2) is 0 Å². The third-order valence-corrected chi connectivity index (χ3v) is 6.26. The average molecular weight is 431 g/mol. The molecule has 3 aromatic carbocycles. The van der Waals surface area contributed by atoms with Gasteiger partial charge in [0.15, 0.2) is 4.80 Å². The number of nitrogens with zero attached hydrogens (tertiary/aromatic N) is 2. The molecule has 0 atom stereocenters. The second kappa shape index (κ2) is 9.86. The third-order valence-electron chi connectivity index (χ3n) is 5.22. The van der Waals surface area contributed by atoms with Crippen LogP contribution >= 0.6 is 11.3 Å². The van der Waals surface area contributed by atoms with Gasteiger partial charge < -0.3 is 9.30 Å². The standard InChI is InChI=1S/C26H26N2O2S/c1-3-30-17-16-28-24-19(2)8-7-11-23(24)31-26(28)27-25(29)22-14-12-21(13-15-22)18-20-9-5-4-6-10-20/h4-15H,3,16-18H2,1-2H3. The molecule has 0 N–H and O–H groups in total. The van der Waals surface area contributed by atoms with Crippen LogP contribution in [0, 0.1) is 6.92 Å². The van der Waals surface area contributed by atoms with Gasteiger partial charge in [0, 0.05) is 18.7 Å². The van der Waals surface area contributed by atoms with E-state index in [9.17, 15) is 4.79 Å². The summed E-state index contributed by atoms with van der Waals surface area (Å²) >= 11 is 1.54. The number of para-hydroxylation sites is 1. The highest BCUT2D eigenvalue weighted by Gasteiger charge is 2.11. The molecule has 4 rings (SSSR count). The number of ether oxygens (including phenoxy) is 1. The van der Waals surface area contributed by atoms with Crippen molar-refractivity contribution in [2.24, 2.45) is 4.99 Å². The van der Waals surface area contributed by atoms with Crippen molar-refractivity contribution in [2.75, 3.05) is 13.2 Å². The average Bonchev–Trinajstić information content (AvgIpc) is 3.13. The zero-order valence-electron chi connectivity index (χ0n) is 17.9. The molecular weight excluding hydrogens is 404 g/mol. The van der Waals surface area contributed by atoms with Crippen molar-refractivity contribution in [3.8, 4) is 0 Å². The Bertz CT molecular complexity index is 1240.